The van der Waals surface area contributed by atoms with Crippen molar-refractivity contribution in [3.8, 4) is 0 Å². The van der Waals surface area contributed by atoms with Crippen molar-refractivity contribution in [3.05, 3.63) is 28.0 Å². The van der Waals surface area contributed by atoms with Crippen molar-refractivity contribution in [2.45, 2.75) is 6.54 Å². The summed E-state index contributed by atoms with van der Waals surface area (Å²) >= 11 is 0. The number of nitrogens with zero attached hydrogens (tertiary/aromatic N) is 1. The van der Waals surface area contributed by atoms with E-state index in [9.17, 15) is 9.59 Å². The third-order valence-corrected chi connectivity index (χ3v) is 2.07. The lowest BCUT2D eigenvalue weighted by Crippen LogP contribution is -2.37. The van der Waals surface area contributed by atoms with Gasteiger partial charge in [0.05, 0.1) is 0 Å². The van der Waals surface area contributed by atoms with Crippen LogP contribution in [-0.2, 0) is 13.6 Å². The predicted octanol–water partition coefficient (Wildman–Crippen LogP) is 0.0204. The number of fused-ring (bicyclic) bond motifs is 1. The second-order valence-corrected chi connectivity index (χ2v) is 2.91. The van der Waals surface area contributed by atoms with Crippen LogP contribution >= 0.6 is 0 Å². The Morgan fingerprint density at radius 1 is 1.38 bits per heavy atom. The number of rotatable bonds is 0. The first-order valence-electron chi connectivity index (χ1n) is 3.92. The molecule has 2 N–H and O–H groups in total. The Bertz CT molecular complexity index is 422. The molecule has 0 aliphatic carbocycles. The maximum atomic E-state index is 11.2. The molecule has 0 spiro atoms. The molecule has 0 saturated carbocycles. The fourth-order valence-electron chi connectivity index (χ4n) is 1.32. The van der Waals surface area contributed by atoms with Crippen LogP contribution in [0.25, 0.3) is 0 Å². The zero-order chi connectivity index (χ0) is 9.42. The average Bonchev–Trinajstić information content (AvgIpc) is 2.12. The summed E-state index contributed by atoms with van der Waals surface area (Å²) in [5.74, 6) is 0.580. The second kappa shape index (κ2) is 2.62. The fourth-order valence-corrected chi connectivity index (χ4v) is 1.32. The van der Waals surface area contributed by atoms with Gasteiger partial charge < -0.3 is 5.32 Å². The van der Waals surface area contributed by atoms with Crippen molar-refractivity contribution < 1.29 is 4.79 Å². The first kappa shape index (κ1) is 7.85. The predicted molar refractivity (Wildman–Crippen MR) is 47.5 cm³/mol. The van der Waals surface area contributed by atoms with Gasteiger partial charge in [0.15, 0.2) is 0 Å². The fraction of sp³-hybridized carbons (Fsp3) is 0.250. The van der Waals surface area contributed by atoms with Gasteiger partial charge in [-0.3, -0.25) is 14.7 Å². The van der Waals surface area contributed by atoms with Crippen molar-refractivity contribution in [3.63, 3.8) is 0 Å². The normalized spacial score (nSPS) is 14.4. The monoisotopic (exact) mass is 179 g/mol. The highest BCUT2D eigenvalue weighted by Gasteiger charge is 2.15. The number of hydrogen-bond acceptors (Lipinski definition) is 2. The number of anilines is 1. The number of carbonyl (C=O) groups is 1. The highest BCUT2D eigenvalue weighted by atomic mass is 16.2. The molecule has 1 aromatic rings. The minimum Gasteiger partial charge on any atom is -0.334 e. The van der Waals surface area contributed by atoms with Crippen molar-refractivity contribution in [2.24, 2.45) is 7.05 Å². The van der Waals surface area contributed by atoms with Gasteiger partial charge in [-0.25, -0.2) is 4.79 Å². The summed E-state index contributed by atoms with van der Waals surface area (Å²) in [7, 11) is 1.63. The molecule has 0 bridgehead atoms. The van der Waals surface area contributed by atoms with Crippen LogP contribution in [0.2, 0.25) is 0 Å². The van der Waals surface area contributed by atoms with Crippen molar-refractivity contribution in [1.29, 1.82) is 0 Å². The zero-order valence-electron chi connectivity index (χ0n) is 7.13. The molecule has 0 radical (unpaired) electrons. The van der Waals surface area contributed by atoms with Gasteiger partial charge in [-0.05, 0) is 6.07 Å². The molecule has 0 unspecified atom stereocenters. The van der Waals surface area contributed by atoms with Gasteiger partial charge in [0.2, 0.25) is 0 Å². The molecule has 2 amide bonds. The molecular weight excluding hydrogens is 170 g/mol. The third kappa shape index (κ3) is 1.18. The van der Waals surface area contributed by atoms with E-state index in [1.54, 1.807) is 13.1 Å². The minimum atomic E-state index is -0.270. The Hall–Kier alpha value is -1.78. The molecule has 0 saturated heterocycles. The quantitative estimate of drug-likeness (QED) is 0.589. The van der Waals surface area contributed by atoms with E-state index < -0.39 is 0 Å². The number of pyridine rings is 1. The smallest absolute Gasteiger partial charge is 0.320 e. The van der Waals surface area contributed by atoms with Crippen LogP contribution in [0.3, 0.4) is 0 Å². The van der Waals surface area contributed by atoms with Crippen LogP contribution in [0.15, 0.2) is 16.9 Å². The molecule has 1 aliphatic heterocycles. The van der Waals surface area contributed by atoms with Gasteiger partial charge in [-0.2, -0.15) is 0 Å². The van der Waals surface area contributed by atoms with E-state index in [0.717, 1.165) is 5.56 Å². The molecule has 5 heteroatoms. The lowest BCUT2D eigenvalue weighted by Gasteiger charge is -2.19. The summed E-state index contributed by atoms with van der Waals surface area (Å²) in [6.45, 7) is 0.468. The van der Waals surface area contributed by atoms with Crippen LogP contribution < -0.4 is 16.2 Å². The average molecular weight is 179 g/mol. The number of hydrogen-bond donors (Lipinski definition) is 2. The van der Waals surface area contributed by atoms with E-state index in [1.807, 2.05) is 0 Å². The van der Waals surface area contributed by atoms with Crippen LogP contribution in [0.1, 0.15) is 5.56 Å². The SMILES string of the molecule is Cn1c2c(ccc1=O)CNC(=O)N2. The van der Waals surface area contributed by atoms with E-state index in [-0.39, 0.29) is 11.6 Å². The maximum Gasteiger partial charge on any atom is 0.320 e. The van der Waals surface area contributed by atoms with E-state index >= 15 is 0 Å². The number of urea groups is 1. The van der Waals surface area contributed by atoms with E-state index in [2.05, 4.69) is 10.6 Å². The number of nitrogens with one attached hydrogen (secondary N) is 2. The molecule has 0 atom stereocenters. The molecule has 1 aromatic heterocycles. The zero-order valence-corrected chi connectivity index (χ0v) is 7.13. The summed E-state index contributed by atoms with van der Waals surface area (Å²) < 4.78 is 1.42. The molecule has 68 valence electrons. The first-order valence-corrected chi connectivity index (χ1v) is 3.92. The molecule has 2 heterocycles. The molecule has 1 aliphatic rings. The Morgan fingerprint density at radius 2 is 2.15 bits per heavy atom. The molecule has 0 fully saturated rings. The van der Waals surface area contributed by atoms with Crippen molar-refractivity contribution in [1.82, 2.24) is 9.88 Å². The summed E-state index contributed by atoms with van der Waals surface area (Å²) in [5.41, 5.74) is 0.794. The van der Waals surface area contributed by atoms with Crippen LogP contribution in [0.4, 0.5) is 10.6 Å². The molecule has 5 nitrogen and oxygen atoms in total. The Labute approximate surface area is 74.4 Å². The summed E-state index contributed by atoms with van der Waals surface area (Å²) in [5, 5.41) is 5.20. The van der Waals surface area contributed by atoms with E-state index in [4.69, 9.17) is 0 Å². The Balaban J connectivity index is 2.61. The van der Waals surface area contributed by atoms with Gasteiger partial charge in [0, 0.05) is 25.2 Å². The molecule has 0 aromatic carbocycles. The summed E-state index contributed by atoms with van der Waals surface area (Å²) in [6, 6.07) is 2.93. The first-order chi connectivity index (χ1) is 6.18. The molecule has 13 heavy (non-hydrogen) atoms. The molecular formula is C8H9N3O2. The number of carbonyl (C=O) groups excluding carboxylic acids is 1. The van der Waals surface area contributed by atoms with Gasteiger partial charge in [-0.1, -0.05) is 0 Å². The van der Waals surface area contributed by atoms with Crippen LogP contribution in [0, 0.1) is 0 Å². The van der Waals surface area contributed by atoms with Gasteiger partial charge in [-0.15, -0.1) is 0 Å². The Kier molecular flexibility index (Phi) is 1.58. The summed E-state index contributed by atoms with van der Waals surface area (Å²) in [6.07, 6.45) is 0. The third-order valence-electron chi connectivity index (χ3n) is 2.07. The van der Waals surface area contributed by atoms with Crippen LogP contribution in [-0.4, -0.2) is 10.6 Å². The number of aromatic nitrogens is 1. The second-order valence-electron chi connectivity index (χ2n) is 2.91. The highest BCUT2D eigenvalue weighted by Crippen LogP contribution is 2.14. The molecule has 2 rings (SSSR count). The largest absolute Gasteiger partial charge is 0.334 e. The van der Waals surface area contributed by atoms with Crippen molar-refractivity contribution >= 4 is 11.8 Å². The lowest BCUT2D eigenvalue weighted by atomic mass is 10.2. The van der Waals surface area contributed by atoms with Crippen molar-refractivity contribution in [2.75, 3.05) is 5.32 Å². The standard InChI is InChI=1S/C8H9N3O2/c1-11-6(12)3-2-5-4-9-8(13)10-7(5)11/h2-3H,4H2,1H3,(H2,9,10,13). The van der Waals surface area contributed by atoms with Crippen LogP contribution in [0.5, 0.6) is 0 Å². The summed E-state index contributed by atoms with van der Waals surface area (Å²) in [4.78, 5) is 22.1. The van der Waals surface area contributed by atoms with E-state index in [1.165, 1.54) is 10.6 Å². The minimum absolute atomic E-state index is 0.124. The van der Waals surface area contributed by atoms with Gasteiger partial charge in [0.25, 0.3) is 5.56 Å². The highest BCUT2D eigenvalue weighted by molar-refractivity contribution is 5.91. The maximum absolute atomic E-state index is 11.2. The van der Waals surface area contributed by atoms with Gasteiger partial charge >= 0.3 is 6.03 Å². The van der Waals surface area contributed by atoms with Gasteiger partial charge in [0.1, 0.15) is 5.82 Å². The Morgan fingerprint density at radius 3 is 2.92 bits per heavy atom. The number of amides is 2. The lowest BCUT2D eigenvalue weighted by molar-refractivity contribution is 0.250. The van der Waals surface area contributed by atoms with E-state index in [0.29, 0.717) is 12.4 Å². The topological polar surface area (TPSA) is 63.1 Å².